The van der Waals surface area contributed by atoms with Crippen molar-refractivity contribution < 1.29 is 14.6 Å². The summed E-state index contributed by atoms with van der Waals surface area (Å²) in [6.45, 7) is 2.25. The second-order valence-electron chi connectivity index (χ2n) is 6.46. The first kappa shape index (κ1) is 17.8. The summed E-state index contributed by atoms with van der Waals surface area (Å²) in [5.74, 6) is 0.959. The lowest BCUT2D eigenvalue weighted by atomic mass is 9.90. The first-order chi connectivity index (χ1) is 11.2. The minimum Gasteiger partial charge on any atom is -0.493 e. The molecule has 0 heterocycles. The number of nitrogens with one attached hydrogen (secondary N) is 1. The first-order valence-corrected chi connectivity index (χ1v) is 8.88. The van der Waals surface area contributed by atoms with Crippen LogP contribution in [0, 0.1) is 5.92 Å². The van der Waals surface area contributed by atoms with Gasteiger partial charge in [-0.1, -0.05) is 31.4 Å². The van der Waals surface area contributed by atoms with E-state index < -0.39 is 5.97 Å². The monoisotopic (exact) mass is 319 g/mol. The zero-order valence-electron chi connectivity index (χ0n) is 13.9. The highest BCUT2D eigenvalue weighted by atomic mass is 16.5. The highest BCUT2D eigenvalue weighted by Crippen LogP contribution is 2.24. The number of aliphatic carboxylic acids is 1. The largest absolute Gasteiger partial charge is 0.493 e. The highest BCUT2D eigenvalue weighted by Gasteiger charge is 2.13. The fraction of sp³-hybridized carbons (Fsp3) is 0.632. The summed E-state index contributed by atoms with van der Waals surface area (Å²) < 4.78 is 5.91. The van der Waals surface area contributed by atoms with Gasteiger partial charge in [0, 0.05) is 6.54 Å². The Labute approximate surface area is 139 Å². The van der Waals surface area contributed by atoms with Crippen molar-refractivity contribution in [1.82, 2.24) is 5.32 Å². The molecule has 0 atom stereocenters. The SMILES string of the molecule is O=C(O)CCNCCCc1ccc(OCC2CCCCC2)cc1. The van der Waals surface area contributed by atoms with Gasteiger partial charge in [0.1, 0.15) is 5.75 Å². The van der Waals surface area contributed by atoms with Gasteiger partial charge in [0.05, 0.1) is 13.0 Å². The molecule has 0 bridgehead atoms. The van der Waals surface area contributed by atoms with Crippen molar-refractivity contribution in [3.05, 3.63) is 29.8 Å². The van der Waals surface area contributed by atoms with E-state index in [1.54, 1.807) is 0 Å². The van der Waals surface area contributed by atoms with Gasteiger partial charge in [0.15, 0.2) is 0 Å². The van der Waals surface area contributed by atoms with Gasteiger partial charge in [0.25, 0.3) is 0 Å². The van der Waals surface area contributed by atoms with Crippen LogP contribution in [0.3, 0.4) is 0 Å². The van der Waals surface area contributed by atoms with Gasteiger partial charge < -0.3 is 15.2 Å². The summed E-state index contributed by atoms with van der Waals surface area (Å²) in [5.41, 5.74) is 1.30. The van der Waals surface area contributed by atoms with Crippen LogP contribution >= 0.6 is 0 Å². The molecule has 2 rings (SSSR count). The van der Waals surface area contributed by atoms with Crippen molar-refractivity contribution in [3.63, 3.8) is 0 Å². The molecule has 0 aromatic heterocycles. The number of carbonyl (C=O) groups is 1. The van der Waals surface area contributed by atoms with Crippen LogP contribution in [0.25, 0.3) is 0 Å². The Morgan fingerprint density at radius 2 is 1.87 bits per heavy atom. The van der Waals surface area contributed by atoms with Gasteiger partial charge in [0.2, 0.25) is 0 Å². The molecule has 2 N–H and O–H groups in total. The van der Waals surface area contributed by atoms with Crippen LogP contribution in [0.2, 0.25) is 0 Å². The Morgan fingerprint density at radius 3 is 2.57 bits per heavy atom. The standard InChI is InChI=1S/C19H29NO3/c21-19(22)12-14-20-13-4-7-16-8-10-18(11-9-16)23-15-17-5-2-1-3-6-17/h8-11,17,20H,1-7,12-15H2,(H,21,22). The number of hydrogen-bond donors (Lipinski definition) is 2. The molecule has 1 saturated carbocycles. The van der Waals surface area contributed by atoms with Gasteiger partial charge in [-0.3, -0.25) is 4.79 Å². The van der Waals surface area contributed by atoms with Crippen LogP contribution in [0.1, 0.15) is 50.5 Å². The fourth-order valence-corrected chi connectivity index (χ4v) is 3.06. The molecule has 23 heavy (non-hydrogen) atoms. The van der Waals surface area contributed by atoms with E-state index in [4.69, 9.17) is 9.84 Å². The molecule has 0 aliphatic heterocycles. The molecule has 1 aromatic carbocycles. The highest BCUT2D eigenvalue weighted by molar-refractivity contribution is 5.66. The lowest BCUT2D eigenvalue weighted by Gasteiger charge is -2.21. The minimum atomic E-state index is -0.749. The van der Waals surface area contributed by atoms with Crippen molar-refractivity contribution in [1.29, 1.82) is 0 Å². The topological polar surface area (TPSA) is 58.6 Å². The minimum absolute atomic E-state index is 0.188. The molecule has 1 aliphatic rings. The fourth-order valence-electron chi connectivity index (χ4n) is 3.06. The molecule has 128 valence electrons. The van der Waals surface area contributed by atoms with E-state index in [9.17, 15) is 4.79 Å². The van der Waals surface area contributed by atoms with E-state index in [1.165, 1.54) is 37.7 Å². The van der Waals surface area contributed by atoms with Crippen molar-refractivity contribution >= 4 is 5.97 Å². The van der Waals surface area contributed by atoms with Crippen molar-refractivity contribution in [2.24, 2.45) is 5.92 Å². The summed E-state index contributed by atoms with van der Waals surface area (Å²) in [6, 6.07) is 8.40. The molecule has 1 aromatic rings. The molecular formula is C19H29NO3. The number of benzene rings is 1. The van der Waals surface area contributed by atoms with Crippen LogP contribution in [0.4, 0.5) is 0 Å². The molecule has 4 nitrogen and oxygen atoms in total. The Bertz CT molecular complexity index is 452. The summed E-state index contributed by atoms with van der Waals surface area (Å²) in [5, 5.41) is 11.7. The Hall–Kier alpha value is -1.55. The maximum atomic E-state index is 10.4. The molecule has 0 radical (unpaired) electrons. The smallest absolute Gasteiger partial charge is 0.304 e. The lowest BCUT2D eigenvalue weighted by molar-refractivity contribution is -0.136. The normalized spacial score (nSPS) is 15.5. The van der Waals surface area contributed by atoms with Crippen LogP contribution in [-0.4, -0.2) is 30.8 Å². The third-order valence-corrected chi connectivity index (χ3v) is 4.47. The van der Waals surface area contributed by atoms with E-state index in [2.05, 4.69) is 29.6 Å². The maximum Gasteiger partial charge on any atom is 0.304 e. The van der Waals surface area contributed by atoms with E-state index in [-0.39, 0.29) is 6.42 Å². The molecule has 0 unspecified atom stereocenters. The third-order valence-electron chi connectivity index (χ3n) is 4.47. The number of rotatable bonds is 10. The second kappa shape index (κ2) is 10.3. The molecule has 4 heteroatoms. The van der Waals surface area contributed by atoms with Crippen molar-refractivity contribution in [2.45, 2.75) is 51.4 Å². The molecule has 1 aliphatic carbocycles. The summed E-state index contributed by atoms with van der Waals surface area (Å²) in [4.78, 5) is 10.4. The molecule has 0 saturated heterocycles. The zero-order valence-corrected chi connectivity index (χ0v) is 13.9. The van der Waals surface area contributed by atoms with E-state index >= 15 is 0 Å². The number of hydrogen-bond acceptors (Lipinski definition) is 3. The van der Waals surface area contributed by atoms with Crippen LogP contribution < -0.4 is 10.1 Å². The number of ether oxygens (including phenoxy) is 1. The lowest BCUT2D eigenvalue weighted by Crippen LogP contribution is -2.19. The van der Waals surface area contributed by atoms with E-state index in [0.717, 1.165) is 37.7 Å². The summed E-state index contributed by atoms with van der Waals surface area (Å²) in [6.07, 6.45) is 8.93. The average molecular weight is 319 g/mol. The van der Waals surface area contributed by atoms with Gasteiger partial charge in [-0.25, -0.2) is 0 Å². The predicted octanol–water partition coefficient (Wildman–Crippen LogP) is 3.64. The zero-order chi connectivity index (χ0) is 16.3. The summed E-state index contributed by atoms with van der Waals surface area (Å²) >= 11 is 0. The van der Waals surface area contributed by atoms with Crippen molar-refractivity contribution in [3.8, 4) is 5.75 Å². The molecule has 1 fully saturated rings. The maximum absolute atomic E-state index is 10.4. The van der Waals surface area contributed by atoms with Crippen LogP contribution in [0.15, 0.2) is 24.3 Å². The van der Waals surface area contributed by atoms with Gasteiger partial charge >= 0.3 is 5.97 Å². The third kappa shape index (κ3) is 7.51. The van der Waals surface area contributed by atoms with Crippen LogP contribution in [-0.2, 0) is 11.2 Å². The number of aryl methyl sites for hydroxylation is 1. The Balaban J connectivity index is 1.59. The number of carboxylic acids is 1. The van der Waals surface area contributed by atoms with Gasteiger partial charge in [-0.05, 0) is 55.8 Å². The Morgan fingerprint density at radius 1 is 1.13 bits per heavy atom. The predicted molar refractivity (Wildman–Crippen MR) is 92.0 cm³/mol. The van der Waals surface area contributed by atoms with Gasteiger partial charge in [-0.15, -0.1) is 0 Å². The molecular weight excluding hydrogens is 290 g/mol. The molecule has 0 spiro atoms. The quantitative estimate of drug-likeness (QED) is 0.646. The average Bonchev–Trinajstić information content (AvgIpc) is 2.58. The molecule has 0 amide bonds. The van der Waals surface area contributed by atoms with E-state index in [1.807, 2.05) is 0 Å². The van der Waals surface area contributed by atoms with E-state index in [0.29, 0.717) is 6.54 Å². The van der Waals surface area contributed by atoms with Crippen molar-refractivity contribution in [2.75, 3.05) is 19.7 Å². The summed E-state index contributed by atoms with van der Waals surface area (Å²) in [7, 11) is 0. The second-order valence-corrected chi connectivity index (χ2v) is 6.46. The van der Waals surface area contributed by atoms with Gasteiger partial charge in [-0.2, -0.15) is 0 Å². The van der Waals surface area contributed by atoms with Crippen LogP contribution in [0.5, 0.6) is 5.75 Å². The first-order valence-electron chi connectivity index (χ1n) is 8.88. The number of carboxylic acid groups (broad SMARTS) is 1. The Kier molecular flexibility index (Phi) is 7.95.